The van der Waals surface area contributed by atoms with Crippen LogP contribution in [0.5, 0.6) is 5.75 Å². The van der Waals surface area contributed by atoms with Crippen molar-refractivity contribution in [1.82, 2.24) is 4.98 Å². The van der Waals surface area contributed by atoms with Gasteiger partial charge in [-0.25, -0.2) is 4.79 Å². The number of hydrogen-bond donors (Lipinski definition) is 1. The molecule has 0 radical (unpaired) electrons. The lowest BCUT2D eigenvalue weighted by molar-refractivity contribution is -0.151. The molecule has 2 atom stereocenters. The molecule has 0 aliphatic rings. The van der Waals surface area contributed by atoms with Crippen molar-refractivity contribution in [2.75, 3.05) is 6.61 Å². The lowest BCUT2D eigenvalue weighted by Gasteiger charge is -2.16. The number of nitrogens with zero attached hydrogens (tertiary/aromatic N) is 1. The Labute approximate surface area is 114 Å². The monoisotopic (exact) mass is 266 g/mol. The highest BCUT2D eigenvalue weighted by Crippen LogP contribution is 2.14. The van der Waals surface area contributed by atoms with Crippen LogP contribution in [0.4, 0.5) is 0 Å². The summed E-state index contributed by atoms with van der Waals surface area (Å²) in [6.45, 7) is 5.93. The van der Waals surface area contributed by atoms with Crippen molar-refractivity contribution >= 4 is 5.97 Å². The minimum atomic E-state index is -0.582. The van der Waals surface area contributed by atoms with Gasteiger partial charge in [0, 0.05) is 18.2 Å². The van der Waals surface area contributed by atoms with Gasteiger partial charge in [-0.1, -0.05) is 6.92 Å². The van der Waals surface area contributed by atoms with E-state index in [4.69, 9.17) is 15.2 Å². The number of carbonyl (C=O) groups excluding carboxylic acids is 1. The summed E-state index contributed by atoms with van der Waals surface area (Å²) in [5, 5.41) is 0. The number of nitrogens with two attached hydrogens (primary N) is 1. The highest BCUT2D eigenvalue weighted by molar-refractivity contribution is 5.75. The van der Waals surface area contributed by atoms with Gasteiger partial charge < -0.3 is 15.2 Å². The Balaban J connectivity index is 2.62. The van der Waals surface area contributed by atoms with Crippen molar-refractivity contribution in [3.63, 3.8) is 0 Å². The van der Waals surface area contributed by atoms with Crippen LogP contribution in [0.1, 0.15) is 32.9 Å². The van der Waals surface area contributed by atoms with Crippen LogP contribution in [-0.2, 0) is 16.0 Å². The minimum absolute atomic E-state index is 0.0715. The van der Waals surface area contributed by atoms with Gasteiger partial charge in [-0.2, -0.15) is 0 Å². The maximum Gasteiger partial charge on any atom is 0.347 e. The van der Waals surface area contributed by atoms with Gasteiger partial charge in [0.15, 0.2) is 6.10 Å². The summed E-state index contributed by atoms with van der Waals surface area (Å²) in [5.74, 6) is 0.220. The van der Waals surface area contributed by atoms with E-state index in [9.17, 15) is 4.79 Å². The SMILES string of the molecule is CCOC(=O)C(CC)Oc1ccc(CC(C)N)nc1. The predicted molar refractivity (Wildman–Crippen MR) is 72.9 cm³/mol. The van der Waals surface area contributed by atoms with E-state index in [-0.39, 0.29) is 12.0 Å². The third kappa shape index (κ3) is 5.26. The smallest absolute Gasteiger partial charge is 0.347 e. The normalized spacial score (nSPS) is 13.7. The molecule has 0 fully saturated rings. The van der Waals surface area contributed by atoms with Crippen LogP contribution < -0.4 is 10.5 Å². The molecule has 0 saturated heterocycles. The Morgan fingerprint density at radius 3 is 2.63 bits per heavy atom. The average Bonchev–Trinajstić information content (AvgIpc) is 2.37. The number of ether oxygens (including phenoxy) is 2. The number of pyridine rings is 1. The molecule has 0 amide bonds. The van der Waals surface area contributed by atoms with Crippen molar-refractivity contribution in [2.24, 2.45) is 5.73 Å². The largest absolute Gasteiger partial charge is 0.477 e. The van der Waals surface area contributed by atoms with Crippen LogP contribution in [0.15, 0.2) is 18.3 Å². The predicted octanol–water partition coefficient (Wildman–Crippen LogP) is 1.69. The first-order valence-electron chi connectivity index (χ1n) is 6.60. The molecule has 5 heteroatoms. The van der Waals surface area contributed by atoms with Crippen LogP contribution in [0.2, 0.25) is 0 Å². The number of rotatable bonds is 7. The molecule has 0 aliphatic carbocycles. The number of aromatic nitrogens is 1. The molecule has 5 nitrogen and oxygen atoms in total. The fourth-order valence-electron chi connectivity index (χ4n) is 1.63. The molecule has 0 saturated carbocycles. The lowest BCUT2D eigenvalue weighted by Crippen LogP contribution is -2.28. The Morgan fingerprint density at radius 2 is 2.16 bits per heavy atom. The zero-order valence-electron chi connectivity index (χ0n) is 11.8. The van der Waals surface area contributed by atoms with Crippen molar-refractivity contribution in [1.29, 1.82) is 0 Å². The number of hydrogen-bond acceptors (Lipinski definition) is 5. The number of carbonyl (C=O) groups is 1. The lowest BCUT2D eigenvalue weighted by atomic mass is 10.2. The van der Waals surface area contributed by atoms with Crippen molar-refractivity contribution in [3.8, 4) is 5.75 Å². The Morgan fingerprint density at radius 1 is 1.42 bits per heavy atom. The molecule has 2 unspecified atom stereocenters. The molecule has 1 aromatic rings. The summed E-state index contributed by atoms with van der Waals surface area (Å²) in [5.41, 5.74) is 6.61. The second-order valence-corrected chi connectivity index (χ2v) is 4.43. The van der Waals surface area contributed by atoms with Gasteiger partial charge in [0.05, 0.1) is 12.8 Å². The molecule has 1 rings (SSSR count). The van der Waals surface area contributed by atoms with E-state index in [1.807, 2.05) is 19.9 Å². The van der Waals surface area contributed by atoms with Crippen LogP contribution in [0, 0.1) is 0 Å². The van der Waals surface area contributed by atoms with Gasteiger partial charge in [0.2, 0.25) is 0 Å². The van der Waals surface area contributed by atoms with E-state index in [1.54, 1.807) is 19.2 Å². The van der Waals surface area contributed by atoms with Crippen molar-refractivity contribution in [3.05, 3.63) is 24.0 Å². The second-order valence-electron chi connectivity index (χ2n) is 4.43. The van der Waals surface area contributed by atoms with E-state index >= 15 is 0 Å². The fourth-order valence-corrected chi connectivity index (χ4v) is 1.63. The van der Waals surface area contributed by atoms with E-state index in [2.05, 4.69) is 4.98 Å². The van der Waals surface area contributed by atoms with E-state index in [1.165, 1.54) is 0 Å². The van der Waals surface area contributed by atoms with Gasteiger partial charge in [0.1, 0.15) is 5.75 Å². The maximum atomic E-state index is 11.6. The summed E-state index contributed by atoms with van der Waals surface area (Å²) in [7, 11) is 0. The summed E-state index contributed by atoms with van der Waals surface area (Å²) in [4.78, 5) is 15.9. The number of esters is 1. The standard InChI is InChI=1S/C14H22N2O3/c1-4-13(14(17)18-5-2)19-12-7-6-11(16-9-12)8-10(3)15/h6-7,9-10,13H,4-5,8,15H2,1-3H3. The van der Waals surface area contributed by atoms with Crippen LogP contribution in [-0.4, -0.2) is 29.7 Å². The van der Waals surface area contributed by atoms with Gasteiger partial charge >= 0.3 is 5.97 Å². The zero-order chi connectivity index (χ0) is 14.3. The topological polar surface area (TPSA) is 74.4 Å². The van der Waals surface area contributed by atoms with Crippen LogP contribution in [0.3, 0.4) is 0 Å². The molecular formula is C14H22N2O3. The highest BCUT2D eigenvalue weighted by atomic mass is 16.6. The quantitative estimate of drug-likeness (QED) is 0.760. The van der Waals surface area contributed by atoms with Gasteiger partial charge in [-0.3, -0.25) is 4.98 Å². The van der Waals surface area contributed by atoms with Crippen molar-refractivity contribution in [2.45, 2.75) is 45.8 Å². The Hall–Kier alpha value is -1.62. The molecule has 19 heavy (non-hydrogen) atoms. The van der Waals surface area contributed by atoms with Crippen LogP contribution >= 0.6 is 0 Å². The van der Waals surface area contributed by atoms with E-state index in [0.29, 0.717) is 18.8 Å². The third-order valence-corrected chi connectivity index (χ3v) is 2.53. The molecule has 0 aliphatic heterocycles. The Kier molecular flexibility index (Phi) is 6.29. The Bertz CT molecular complexity index is 390. The first-order valence-corrected chi connectivity index (χ1v) is 6.60. The van der Waals surface area contributed by atoms with Crippen LogP contribution in [0.25, 0.3) is 0 Å². The van der Waals surface area contributed by atoms with Gasteiger partial charge in [-0.15, -0.1) is 0 Å². The molecule has 1 heterocycles. The summed E-state index contributed by atoms with van der Waals surface area (Å²) in [6.07, 6.45) is 2.30. The molecule has 0 spiro atoms. The molecule has 0 bridgehead atoms. The third-order valence-electron chi connectivity index (χ3n) is 2.53. The first-order chi connectivity index (χ1) is 9.06. The molecule has 1 aromatic heterocycles. The summed E-state index contributed by atoms with van der Waals surface area (Å²) < 4.78 is 10.5. The fraction of sp³-hybridized carbons (Fsp3) is 0.571. The first kappa shape index (κ1) is 15.4. The zero-order valence-corrected chi connectivity index (χ0v) is 11.8. The molecular weight excluding hydrogens is 244 g/mol. The minimum Gasteiger partial charge on any atom is -0.477 e. The van der Waals surface area contributed by atoms with E-state index < -0.39 is 6.10 Å². The maximum absolute atomic E-state index is 11.6. The van der Waals surface area contributed by atoms with E-state index in [0.717, 1.165) is 12.1 Å². The average molecular weight is 266 g/mol. The van der Waals surface area contributed by atoms with Gasteiger partial charge in [-0.05, 0) is 32.4 Å². The highest BCUT2D eigenvalue weighted by Gasteiger charge is 2.19. The molecule has 106 valence electrons. The summed E-state index contributed by atoms with van der Waals surface area (Å²) >= 11 is 0. The van der Waals surface area contributed by atoms with Gasteiger partial charge in [0.25, 0.3) is 0 Å². The van der Waals surface area contributed by atoms with Crippen molar-refractivity contribution < 1.29 is 14.3 Å². The molecule has 2 N–H and O–H groups in total. The second kappa shape index (κ2) is 7.74. The molecule has 0 aromatic carbocycles. The summed E-state index contributed by atoms with van der Waals surface area (Å²) in [6, 6.07) is 3.73.